The lowest BCUT2D eigenvalue weighted by molar-refractivity contribution is -0.114. The summed E-state index contributed by atoms with van der Waals surface area (Å²) in [7, 11) is 3.38. The van der Waals surface area contributed by atoms with Crippen LogP contribution in [0.2, 0.25) is 0 Å². The summed E-state index contributed by atoms with van der Waals surface area (Å²) in [5.74, 6) is 1.31. The molecule has 0 bridgehead atoms. The van der Waals surface area contributed by atoms with Crippen molar-refractivity contribution in [1.82, 2.24) is 10.6 Å². The number of nitrogens with one attached hydrogen (secondary N) is 3. The van der Waals surface area contributed by atoms with E-state index in [1.54, 1.807) is 20.2 Å². The SMILES string of the molecule is CN=C(NCCCOCCOC)NCCOc1cccc(NC(C)=O)c1. The summed E-state index contributed by atoms with van der Waals surface area (Å²) in [6.07, 6.45) is 0.886. The van der Waals surface area contributed by atoms with Crippen LogP contribution in [0.25, 0.3) is 0 Å². The minimum Gasteiger partial charge on any atom is -0.492 e. The van der Waals surface area contributed by atoms with Crippen LogP contribution >= 0.6 is 0 Å². The van der Waals surface area contributed by atoms with E-state index in [-0.39, 0.29) is 5.91 Å². The Bertz CT molecular complexity index is 552. The van der Waals surface area contributed by atoms with Crippen molar-refractivity contribution in [3.05, 3.63) is 24.3 Å². The van der Waals surface area contributed by atoms with Gasteiger partial charge in [-0.15, -0.1) is 0 Å². The first-order valence-electron chi connectivity index (χ1n) is 8.67. The van der Waals surface area contributed by atoms with Crippen LogP contribution in [0.15, 0.2) is 29.3 Å². The number of aliphatic imine (C=N–C) groups is 1. The molecule has 0 aliphatic carbocycles. The van der Waals surface area contributed by atoms with Crippen molar-refractivity contribution in [2.45, 2.75) is 13.3 Å². The zero-order valence-electron chi connectivity index (χ0n) is 15.8. The minimum absolute atomic E-state index is 0.109. The van der Waals surface area contributed by atoms with E-state index in [4.69, 9.17) is 14.2 Å². The number of carbonyl (C=O) groups excluding carboxylic acids is 1. The van der Waals surface area contributed by atoms with Crippen LogP contribution in [-0.2, 0) is 14.3 Å². The normalized spacial score (nSPS) is 11.1. The fourth-order valence-corrected chi connectivity index (χ4v) is 2.05. The smallest absolute Gasteiger partial charge is 0.221 e. The molecule has 26 heavy (non-hydrogen) atoms. The van der Waals surface area contributed by atoms with E-state index in [1.807, 2.05) is 18.2 Å². The number of anilines is 1. The van der Waals surface area contributed by atoms with E-state index < -0.39 is 0 Å². The number of methoxy groups -OCH3 is 1. The van der Waals surface area contributed by atoms with Crippen molar-refractivity contribution in [1.29, 1.82) is 0 Å². The standard InChI is InChI=1S/C18H30N4O4/c1-15(23)22-16-6-4-7-17(14-16)26-11-9-21-18(19-2)20-8-5-10-25-13-12-24-3/h4,6-7,14H,5,8-13H2,1-3H3,(H,22,23)(H2,19,20,21). The van der Waals surface area contributed by atoms with Crippen LogP contribution in [0.3, 0.4) is 0 Å². The number of rotatable bonds is 12. The van der Waals surface area contributed by atoms with E-state index >= 15 is 0 Å². The first-order chi connectivity index (χ1) is 12.7. The van der Waals surface area contributed by atoms with Gasteiger partial charge in [-0.3, -0.25) is 9.79 Å². The number of amides is 1. The van der Waals surface area contributed by atoms with Crippen LogP contribution in [0, 0.1) is 0 Å². The molecule has 0 aliphatic heterocycles. The monoisotopic (exact) mass is 366 g/mol. The maximum absolute atomic E-state index is 11.1. The van der Waals surface area contributed by atoms with Gasteiger partial charge in [0.1, 0.15) is 12.4 Å². The van der Waals surface area contributed by atoms with Gasteiger partial charge in [-0.05, 0) is 18.6 Å². The molecule has 8 heteroatoms. The van der Waals surface area contributed by atoms with Crippen LogP contribution in [0.5, 0.6) is 5.75 Å². The maximum Gasteiger partial charge on any atom is 0.221 e. The Kier molecular flexibility index (Phi) is 11.6. The molecule has 146 valence electrons. The molecule has 0 atom stereocenters. The molecule has 0 radical (unpaired) electrons. The van der Waals surface area contributed by atoms with Crippen molar-refractivity contribution >= 4 is 17.6 Å². The van der Waals surface area contributed by atoms with Gasteiger partial charge >= 0.3 is 0 Å². The molecule has 0 spiro atoms. The van der Waals surface area contributed by atoms with E-state index in [0.717, 1.165) is 18.9 Å². The molecule has 1 amide bonds. The third-order valence-corrected chi connectivity index (χ3v) is 3.23. The Hall–Kier alpha value is -2.32. The van der Waals surface area contributed by atoms with E-state index in [0.29, 0.717) is 44.4 Å². The molecule has 0 unspecified atom stereocenters. The maximum atomic E-state index is 11.1. The van der Waals surface area contributed by atoms with Gasteiger partial charge in [0, 0.05) is 46.0 Å². The average Bonchev–Trinajstić information content (AvgIpc) is 2.62. The third-order valence-electron chi connectivity index (χ3n) is 3.23. The average molecular weight is 366 g/mol. The first-order valence-corrected chi connectivity index (χ1v) is 8.67. The summed E-state index contributed by atoms with van der Waals surface area (Å²) >= 11 is 0. The summed E-state index contributed by atoms with van der Waals surface area (Å²) < 4.78 is 16.0. The molecule has 0 aromatic heterocycles. The topological polar surface area (TPSA) is 93.2 Å². The van der Waals surface area contributed by atoms with Crippen molar-refractivity contribution in [3.8, 4) is 5.75 Å². The summed E-state index contributed by atoms with van der Waals surface area (Å²) in [5.41, 5.74) is 0.716. The van der Waals surface area contributed by atoms with Crippen molar-refractivity contribution < 1.29 is 19.0 Å². The highest BCUT2D eigenvalue weighted by Crippen LogP contribution is 2.16. The Labute approximate surface area is 155 Å². The van der Waals surface area contributed by atoms with Crippen molar-refractivity contribution in [2.75, 3.05) is 59.0 Å². The molecule has 0 saturated carbocycles. The second-order valence-electron chi connectivity index (χ2n) is 5.44. The minimum atomic E-state index is -0.109. The number of benzene rings is 1. The van der Waals surface area contributed by atoms with Gasteiger partial charge in [-0.2, -0.15) is 0 Å². The molecule has 1 aromatic rings. The summed E-state index contributed by atoms with van der Waals surface area (Å²) in [5, 5.41) is 9.12. The third kappa shape index (κ3) is 10.5. The highest BCUT2D eigenvalue weighted by Gasteiger charge is 2.00. The molecule has 8 nitrogen and oxygen atoms in total. The number of ether oxygens (including phenoxy) is 3. The summed E-state index contributed by atoms with van der Waals surface area (Å²) in [6.45, 7) is 5.24. The summed E-state index contributed by atoms with van der Waals surface area (Å²) in [6, 6.07) is 7.29. The van der Waals surface area contributed by atoms with Gasteiger partial charge in [-0.25, -0.2) is 0 Å². The molecule has 0 fully saturated rings. The molecular formula is C18H30N4O4. The van der Waals surface area contributed by atoms with Crippen LogP contribution in [0.1, 0.15) is 13.3 Å². The largest absolute Gasteiger partial charge is 0.492 e. The van der Waals surface area contributed by atoms with Gasteiger partial charge in [0.05, 0.1) is 19.8 Å². The number of carbonyl (C=O) groups is 1. The second-order valence-corrected chi connectivity index (χ2v) is 5.44. The Morgan fingerprint density at radius 2 is 1.92 bits per heavy atom. The molecule has 1 aromatic carbocycles. The lowest BCUT2D eigenvalue weighted by Gasteiger charge is -2.13. The van der Waals surface area contributed by atoms with Crippen LogP contribution in [0.4, 0.5) is 5.69 Å². The fourth-order valence-electron chi connectivity index (χ4n) is 2.05. The lowest BCUT2D eigenvalue weighted by atomic mass is 10.3. The molecule has 0 heterocycles. The lowest BCUT2D eigenvalue weighted by Crippen LogP contribution is -2.39. The van der Waals surface area contributed by atoms with Gasteiger partial charge < -0.3 is 30.2 Å². The van der Waals surface area contributed by atoms with Gasteiger partial charge in [0.15, 0.2) is 5.96 Å². The quantitative estimate of drug-likeness (QED) is 0.293. The number of nitrogens with zero attached hydrogens (tertiary/aromatic N) is 1. The number of hydrogen-bond donors (Lipinski definition) is 3. The van der Waals surface area contributed by atoms with E-state index in [2.05, 4.69) is 20.9 Å². The molecule has 3 N–H and O–H groups in total. The van der Waals surface area contributed by atoms with E-state index in [9.17, 15) is 4.79 Å². The predicted octanol–water partition coefficient (Wildman–Crippen LogP) is 1.24. The van der Waals surface area contributed by atoms with Crippen molar-refractivity contribution in [2.24, 2.45) is 4.99 Å². The van der Waals surface area contributed by atoms with Gasteiger partial charge in [-0.1, -0.05) is 6.07 Å². The van der Waals surface area contributed by atoms with Crippen molar-refractivity contribution in [3.63, 3.8) is 0 Å². The van der Waals surface area contributed by atoms with Crippen LogP contribution < -0.4 is 20.7 Å². The molecule has 0 aliphatic rings. The highest BCUT2D eigenvalue weighted by atomic mass is 16.5. The Morgan fingerprint density at radius 3 is 2.65 bits per heavy atom. The molecular weight excluding hydrogens is 336 g/mol. The Balaban J connectivity index is 2.16. The fraction of sp³-hybridized carbons (Fsp3) is 0.556. The van der Waals surface area contributed by atoms with Gasteiger partial charge in [0.25, 0.3) is 0 Å². The highest BCUT2D eigenvalue weighted by molar-refractivity contribution is 5.88. The second kappa shape index (κ2) is 13.9. The number of guanidine groups is 1. The summed E-state index contributed by atoms with van der Waals surface area (Å²) in [4.78, 5) is 15.2. The van der Waals surface area contributed by atoms with E-state index in [1.165, 1.54) is 6.92 Å². The zero-order chi connectivity index (χ0) is 19.0. The van der Waals surface area contributed by atoms with Crippen LogP contribution in [-0.4, -0.2) is 65.5 Å². The predicted molar refractivity (Wildman–Crippen MR) is 103 cm³/mol. The zero-order valence-corrected chi connectivity index (χ0v) is 15.8. The van der Waals surface area contributed by atoms with Gasteiger partial charge in [0.2, 0.25) is 5.91 Å². The molecule has 0 saturated heterocycles. The molecule has 1 rings (SSSR count). The Morgan fingerprint density at radius 1 is 1.12 bits per heavy atom. The first kappa shape index (κ1) is 21.7. The number of hydrogen-bond acceptors (Lipinski definition) is 5.